The SMILES string of the molecule is COc1ccc(CCC(=O)C2CCC(C)C2)cc1. The van der Waals surface area contributed by atoms with Crippen molar-refractivity contribution in [2.24, 2.45) is 11.8 Å². The van der Waals surface area contributed by atoms with Crippen molar-refractivity contribution in [1.82, 2.24) is 0 Å². The summed E-state index contributed by atoms with van der Waals surface area (Å²) in [5.41, 5.74) is 1.22. The molecule has 0 spiro atoms. The van der Waals surface area contributed by atoms with E-state index in [1.165, 1.54) is 12.0 Å². The third kappa shape index (κ3) is 3.34. The van der Waals surface area contributed by atoms with E-state index in [9.17, 15) is 4.79 Å². The van der Waals surface area contributed by atoms with Crippen molar-refractivity contribution in [2.75, 3.05) is 7.11 Å². The summed E-state index contributed by atoms with van der Waals surface area (Å²) in [7, 11) is 1.67. The van der Waals surface area contributed by atoms with Crippen LogP contribution in [0.2, 0.25) is 0 Å². The molecule has 0 aromatic heterocycles. The zero-order valence-electron chi connectivity index (χ0n) is 11.3. The molecule has 0 amide bonds. The number of ether oxygens (including phenoxy) is 1. The molecule has 1 aliphatic carbocycles. The maximum Gasteiger partial charge on any atom is 0.136 e. The molecule has 2 heteroatoms. The second kappa shape index (κ2) is 6.03. The topological polar surface area (TPSA) is 26.3 Å². The highest BCUT2D eigenvalue weighted by molar-refractivity contribution is 5.81. The van der Waals surface area contributed by atoms with Crippen LogP contribution in [0.4, 0.5) is 0 Å². The summed E-state index contributed by atoms with van der Waals surface area (Å²) < 4.78 is 5.12. The molecule has 1 aromatic carbocycles. The normalized spacial score (nSPS) is 23.0. The number of hydrogen-bond donors (Lipinski definition) is 0. The molecule has 2 nitrogen and oxygen atoms in total. The molecular formula is C16H22O2. The van der Waals surface area contributed by atoms with Gasteiger partial charge < -0.3 is 4.74 Å². The second-order valence-corrected chi connectivity index (χ2v) is 5.43. The zero-order chi connectivity index (χ0) is 13.0. The summed E-state index contributed by atoms with van der Waals surface area (Å²) in [6, 6.07) is 8.00. The number of hydrogen-bond acceptors (Lipinski definition) is 2. The minimum Gasteiger partial charge on any atom is -0.497 e. The Morgan fingerprint density at radius 3 is 2.56 bits per heavy atom. The van der Waals surface area contributed by atoms with Gasteiger partial charge in [-0.2, -0.15) is 0 Å². The fourth-order valence-electron chi connectivity index (χ4n) is 2.76. The van der Waals surface area contributed by atoms with E-state index in [-0.39, 0.29) is 0 Å². The molecular weight excluding hydrogens is 224 g/mol. The van der Waals surface area contributed by atoms with E-state index in [0.29, 0.717) is 18.1 Å². The first kappa shape index (κ1) is 13.1. The van der Waals surface area contributed by atoms with Crippen LogP contribution in [0.15, 0.2) is 24.3 Å². The average molecular weight is 246 g/mol. The highest BCUT2D eigenvalue weighted by Gasteiger charge is 2.26. The average Bonchev–Trinajstić information content (AvgIpc) is 2.83. The lowest BCUT2D eigenvalue weighted by Crippen LogP contribution is -2.12. The molecule has 2 atom stereocenters. The van der Waals surface area contributed by atoms with E-state index in [1.54, 1.807) is 7.11 Å². The zero-order valence-corrected chi connectivity index (χ0v) is 11.3. The Labute approximate surface area is 109 Å². The lowest BCUT2D eigenvalue weighted by atomic mass is 9.96. The number of aryl methyl sites for hydroxylation is 1. The van der Waals surface area contributed by atoms with Crippen molar-refractivity contribution in [2.45, 2.75) is 39.0 Å². The van der Waals surface area contributed by atoms with Crippen LogP contribution in [0.5, 0.6) is 5.75 Å². The first-order chi connectivity index (χ1) is 8.69. The van der Waals surface area contributed by atoms with Crippen LogP contribution in [-0.4, -0.2) is 12.9 Å². The van der Waals surface area contributed by atoms with Gasteiger partial charge in [0, 0.05) is 12.3 Å². The van der Waals surface area contributed by atoms with Crippen LogP contribution in [0.3, 0.4) is 0 Å². The Morgan fingerprint density at radius 1 is 1.28 bits per heavy atom. The minimum absolute atomic E-state index is 0.332. The second-order valence-electron chi connectivity index (χ2n) is 5.43. The summed E-state index contributed by atoms with van der Waals surface area (Å²) in [6.45, 7) is 2.25. The predicted octanol–water partition coefficient (Wildman–Crippen LogP) is 3.63. The van der Waals surface area contributed by atoms with Crippen molar-refractivity contribution in [3.63, 3.8) is 0 Å². The molecule has 0 N–H and O–H groups in total. The van der Waals surface area contributed by atoms with Crippen molar-refractivity contribution >= 4 is 5.78 Å². The number of Topliss-reactive ketones (excluding diaryl/α,β-unsaturated/α-hetero) is 1. The van der Waals surface area contributed by atoms with E-state index in [2.05, 4.69) is 6.92 Å². The summed E-state index contributed by atoms with van der Waals surface area (Å²) in [5, 5.41) is 0. The van der Waals surface area contributed by atoms with Gasteiger partial charge in [-0.05, 0) is 49.3 Å². The number of carbonyl (C=O) groups is 1. The van der Waals surface area contributed by atoms with Crippen LogP contribution < -0.4 is 4.74 Å². The molecule has 0 heterocycles. The molecule has 1 saturated carbocycles. The first-order valence-electron chi connectivity index (χ1n) is 6.84. The number of carbonyl (C=O) groups excluding carboxylic acids is 1. The molecule has 98 valence electrons. The number of methoxy groups -OCH3 is 1. The van der Waals surface area contributed by atoms with Crippen LogP contribution >= 0.6 is 0 Å². The fourth-order valence-corrected chi connectivity index (χ4v) is 2.76. The third-order valence-electron chi connectivity index (χ3n) is 3.97. The van der Waals surface area contributed by atoms with Crippen molar-refractivity contribution in [3.8, 4) is 5.75 Å². The van der Waals surface area contributed by atoms with E-state index in [0.717, 1.165) is 30.9 Å². The molecule has 0 bridgehead atoms. The molecule has 18 heavy (non-hydrogen) atoms. The van der Waals surface area contributed by atoms with E-state index >= 15 is 0 Å². The highest BCUT2D eigenvalue weighted by atomic mass is 16.5. The minimum atomic E-state index is 0.332. The Kier molecular flexibility index (Phi) is 4.40. The third-order valence-corrected chi connectivity index (χ3v) is 3.97. The van der Waals surface area contributed by atoms with E-state index < -0.39 is 0 Å². The summed E-state index contributed by atoms with van der Waals surface area (Å²) >= 11 is 0. The molecule has 0 radical (unpaired) electrons. The smallest absolute Gasteiger partial charge is 0.136 e. The first-order valence-corrected chi connectivity index (χ1v) is 6.84. The maximum atomic E-state index is 12.1. The predicted molar refractivity (Wildman–Crippen MR) is 72.8 cm³/mol. The summed E-state index contributed by atoms with van der Waals surface area (Å²) in [5.74, 6) is 2.39. The van der Waals surface area contributed by atoms with Crippen LogP contribution in [0.1, 0.15) is 38.2 Å². The number of benzene rings is 1. The van der Waals surface area contributed by atoms with E-state index in [4.69, 9.17) is 4.74 Å². The lowest BCUT2D eigenvalue weighted by molar-refractivity contribution is -0.122. The van der Waals surface area contributed by atoms with Crippen molar-refractivity contribution < 1.29 is 9.53 Å². The van der Waals surface area contributed by atoms with Gasteiger partial charge in [0.05, 0.1) is 7.11 Å². The molecule has 0 aliphatic heterocycles. The molecule has 1 fully saturated rings. The molecule has 2 unspecified atom stereocenters. The number of rotatable bonds is 5. The Bertz CT molecular complexity index is 394. The van der Waals surface area contributed by atoms with Gasteiger partial charge in [0.2, 0.25) is 0 Å². The Balaban J connectivity index is 1.81. The van der Waals surface area contributed by atoms with Crippen LogP contribution in [-0.2, 0) is 11.2 Å². The van der Waals surface area contributed by atoms with Gasteiger partial charge in [0.25, 0.3) is 0 Å². The molecule has 1 aliphatic rings. The van der Waals surface area contributed by atoms with Gasteiger partial charge in [0.15, 0.2) is 0 Å². The van der Waals surface area contributed by atoms with Gasteiger partial charge in [-0.3, -0.25) is 4.79 Å². The molecule has 2 rings (SSSR count). The quantitative estimate of drug-likeness (QED) is 0.793. The monoisotopic (exact) mass is 246 g/mol. The number of ketones is 1. The van der Waals surface area contributed by atoms with Gasteiger partial charge in [-0.1, -0.05) is 19.1 Å². The standard InChI is InChI=1S/C16H22O2/c1-12-3-7-14(11-12)16(17)10-6-13-4-8-15(18-2)9-5-13/h4-5,8-9,12,14H,3,6-7,10-11H2,1-2H3. The van der Waals surface area contributed by atoms with Gasteiger partial charge in [-0.25, -0.2) is 0 Å². The van der Waals surface area contributed by atoms with Crippen LogP contribution in [0, 0.1) is 11.8 Å². The largest absolute Gasteiger partial charge is 0.497 e. The van der Waals surface area contributed by atoms with Gasteiger partial charge in [0.1, 0.15) is 11.5 Å². The maximum absolute atomic E-state index is 12.1. The Morgan fingerprint density at radius 2 is 2.00 bits per heavy atom. The summed E-state index contributed by atoms with van der Waals surface area (Å²) in [6.07, 6.45) is 4.96. The van der Waals surface area contributed by atoms with Gasteiger partial charge >= 0.3 is 0 Å². The fraction of sp³-hybridized carbons (Fsp3) is 0.562. The summed E-state index contributed by atoms with van der Waals surface area (Å²) in [4.78, 5) is 12.1. The lowest BCUT2D eigenvalue weighted by Gasteiger charge is -2.08. The molecule has 0 saturated heterocycles. The van der Waals surface area contributed by atoms with Crippen LogP contribution in [0.25, 0.3) is 0 Å². The van der Waals surface area contributed by atoms with Crippen molar-refractivity contribution in [3.05, 3.63) is 29.8 Å². The highest BCUT2D eigenvalue weighted by Crippen LogP contribution is 2.31. The molecule has 1 aromatic rings. The van der Waals surface area contributed by atoms with Gasteiger partial charge in [-0.15, -0.1) is 0 Å². The van der Waals surface area contributed by atoms with E-state index in [1.807, 2.05) is 24.3 Å². The Hall–Kier alpha value is -1.31. The van der Waals surface area contributed by atoms with Crippen molar-refractivity contribution in [1.29, 1.82) is 0 Å².